The van der Waals surface area contributed by atoms with Gasteiger partial charge in [0, 0.05) is 12.2 Å². The van der Waals surface area contributed by atoms with Crippen LogP contribution in [0, 0.1) is 5.82 Å². The number of fused-ring (bicyclic) bond motifs is 1. The highest BCUT2D eigenvalue weighted by Crippen LogP contribution is 2.29. The Morgan fingerprint density at radius 3 is 2.63 bits per heavy atom. The molecule has 3 nitrogen and oxygen atoms in total. The molecule has 0 bridgehead atoms. The second kappa shape index (κ2) is 4.18. The van der Waals surface area contributed by atoms with E-state index in [1.807, 2.05) is 13.0 Å². The Hall–Kier alpha value is -1.65. The Bertz CT molecular complexity index is 696. The zero-order valence-corrected chi connectivity index (χ0v) is 11.0. The second-order valence-corrected chi connectivity index (χ2v) is 5.15. The maximum atomic E-state index is 13.0. The molecule has 0 amide bonds. The standard InChI is InChI=1S/C14H12ClFN2O/c1-14(9-2-4-10(16)5-3-9)17-8-11-6-7-12(15)13(19)18(11)14/h2-7,17H,8H2,1H3. The van der Waals surface area contributed by atoms with E-state index in [9.17, 15) is 9.18 Å². The molecular weight excluding hydrogens is 267 g/mol. The van der Waals surface area contributed by atoms with Crippen LogP contribution in [0.5, 0.6) is 0 Å². The van der Waals surface area contributed by atoms with Gasteiger partial charge < -0.3 is 0 Å². The topological polar surface area (TPSA) is 34.0 Å². The van der Waals surface area contributed by atoms with Crippen LogP contribution in [0.15, 0.2) is 41.2 Å². The first kappa shape index (κ1) is 12.4. The van der Waals surface area contributed by atoms with Crippen LogP contribution >= 0.6 is 11.6 Å². The molecule has 1 aromatic carbocycles. The fourth-order valence-corrected chi connectivity index (χ4v) is 2.68. The maximum Gasteiger partial charge on any atom is 0.271 e. The van der Waals surface area contributed by atoms with Crippen LogP contribution in [0.25, 0.3) is 0 Å². The number of halogens is 2. The van der Waals surface area contributed by atoms with Crippen molar-refractivity contribution in [3.63, 3.8) is 0 Å². The molecule has 2 heterocycles. The van der Waals surface area contributed by atoms with E-state index in [0.717, 1.165) is 11.3 Å². The highest BCUT2D eigenvalue weighted by molar-refractivity contribution is 6.30. The van der Waals surface area contributed by atoms with Crippen molar-refractivity contribution in [1.82, 2.24) is 9.88 Å². The summed E-state index contributed by atoms with van der Waals surface area (Å²) in [5.74, 6) is -0.302. The zero-order valence-electron chi connectivity index (χ0n) is 10.3. The molecule has 3 rings (SSSR count). The van der Waals surface area contributed by atoms with Gasteiger partial charge in [-0.15, -0.1) is 0 Å². The van der Waals surface area contributed by atoms with Gasteiger partial charge in [0.1, 0.15) is 16.5 Å². The number of nitrogens with zero attached hydrogens (tertiary/aromatic N) is 1. The van der Waals surface area contributed by atoms with Gasteiger partial charge in [-0.25, -0.2) is 4.39 Å². The van der Waals surface area contributed by atoms with Crippen molar-refractivity contribution < 1.29 is 4.39 Å². The number of aromatic nitrogens is 1. The van der Waals surface area contributed by atoms with Crippen LogP contribution < -0.4 is 10.9 Å². The minimum absolute atomic E-state index is 0.181. The number of pyridine rings is 1. The number of hydrogen-bond acceptors (Lipinski definition) is 2. The predicted molar refractivity (Wildman–Crippen MR) is 71.7 cm³/mol. The summed E-state index contributed by atoms with van der Waals surface area (Å²) in [4.78, 5) is 12.2. The average molecular weight is 279 g/mol. The molecule has 0 aliphatic carbocycles. The van der Waals surface area contributed by atoms with Crippen molar-refractivity contribution in [1.29, 1.82) is 0 Å². The van der Waals surface area contributed by atoms with Gasteiger partial charge in [0.15, 0.2) is 0 Å². The molecule has 0 radical (unpaired) electrons. The molecule has 98 valence electrons. The van der Waals surface area contributed by atoms with Gasteiger partial charge in [0.05, 0.1) is 0 Å². The largest absolute Gasteiger partial charge is 0.287 e. The number of hydrogen-bond donors (Lipinski definition) is 1. The summed E-state index contributed by atoms with van der Waals surface area (Å²) in [5, 5.41) is 3.47. The molecule has 19 heavy (non-hydrogen) atoms. The predicted octanol–water partition coefficient (Wildman–Crippen LogP) is 2.47. The minimum Gasteiger partial charge on any atom is -0.287 e. The molecule has 0 saturated carbocycles. The van der Waals surface area contributed by atoms with E-state index in [4.69, 9.17) is 11.6 Å². The van der Waals surface area contributed by atoms with Crippen molar-refractivity contribution in [3.05, 3.63) is 68.8 Å². The quantitative estimate of drug-likeness (QED) is 0.869. The summed E-state index contributed by atoms with van der Waals surface area (Å²) < 4.78 is 14.7. The first-order chi connectivity index (χ1) is 9.02. The monoisotopic (exact) mass is 278 g/mol. The van der Waals surface area contributed by atoms with Crippen molar-refractivity contribution in [2.75, 3.05) is 0 Å². The van der Waals surface area contributed by atoms with Gasteiger partial charge in [0.25, 0.3) is 5.56 Å². The van der Waals surface area contributed by atoms with Gasteiger partial charge in [-0.2, -0.15) is 0 Å². The minimum atomic E-state index is -0.703. The van der Waals surface area contributed by atoms with Crippen LogP contribution in [0.2, 0.25) is 5.02 Å². The Kier molecular flexibility index (Phi) is 2.73. The van der Waals surface area contributed by atoms with E-state index in [1.165, 1.54) is 12.1 Å². The highest BCUT2D eigenvalue weighted by atomic mass is 35.5. The summed E-state index contributed by atoms with van der Waals surface area (Å²) in [6.45, 7) is 2.45. The number of benzene rings is 1. The Morgan fingerprint density at radius 1 is 1.26 bits per heavy atom. The molecule has 1 N–H and O–H groups in total. The second-order valence-electron chi connectivity index (χ2n) is 4.75. The molecule has 1 aromatic heterocycles. The average Bonchev–Trinajstić information content (AvgIpc) is 2.74. The lowest BCUT2D eigenvalue weighted by atomic mass is 10.0. The van der Waals surface area contributed by atoms with E-state index < -0.39 is 5.66 Å². The van der Waals surface area contributed by atoms with Crippen molar-refractivity contribution >= 4 is 11.6 Å². The van der Waals surface area contributed by atoms with E-state index in [-0.39, 0.29) is 16.4 Å². The van der Waals surface area contributed by atoms with Crippen LogP contribution in [0.3, 0.4) is 0 Å². The van der Waals surface area contributed by atoms with Crippen molar-refractivity contribution in [3.8, 4) is 0 Å². The Morgan fingerprint density at radius 2 is 1.95 bits per heavy atom. The summed E-state index contributed by atoms with van der Waals surface area (Å²) in [6.07, 6.45) is 0. The smallest absolute Gasteiger partial charge is 0.271 e. The molecular formula is C14H12ClFN2O. The third kappa shape index (κ3) is 1.79. The molecule has 0 fully saturated rings. The molecule has 1 unspecified atom stereocenters. The summed E-state index contributed by atoms with van der Waals surface area (Å²) in [7, 11) is 0. The molecule has 2 aromatic rings. The normalized spacial score (nSPS) is 21.4. The third-order valence-electron chi connectivity index (χ3n) is 3.58. The van der Waals surface area contributed by atoms with Crippen LogP contribution in [0.1, 0.15) is 18.2 Å². The van der Waals surface area contributed by atoms with Crippen LogP contribution in [-0.4, -0.2) is 4.57 Å². The lowest BCUT2D eigenvalue weighted by Crippen LogP contribution is -2.44. The van der Waals surface area contributed by atoms with E-state index >= 15 is 0 Å². The van der Waals surface area contributed by atoms with E-state index in [2.05, 4.69) is 5.32 Å². The van der Waals surface area contributed by atoms with E-state index in [0.29, 0.717) is 6.54 Å². The van der Waals surface area contributed by atoms with Crippen molar-refractivity contribution in [2.45, 2.75) is 19.1 Å². The van der Waals surface area contributed by atoms with Gasteiger partial charge in [0.2, 0.25) is 0 Å². The highest BCUT2D eigenvalue weighted by Gasteiger charge is 2.36. The van der Waals surface area contributed by atoms with Crippen molar-refractivity contribution in [2.24, 2.45) is 0 Å². The summed E-state index contributed by atoms with van der Waals surface area (Å²) >= 11 is 5.91. The first-order valence-corrected chi connectivity index (χ1v) is 6.32. The van der Waals surface area contributed by atoms with Gasteiger partial charge in [-0.3, -0.25) is 14.7 Å². The Labute approximate surface area is 114 Å². The lowest BCUT2D eigenvalue weighted by molar-refractivity contribution is 0.349. The van der Waals surface area contributed by atoms with Crippen LogP contribution in [0.4, 0.5) is 4.39 Å². The zero-order chi connectivity index (χ0) is 13.6. The van der Waals surface area contributed by atoms with Crippen LogP contribution in [-0.2, 0) is 12.2 Å². The molecule has 1 aliphatic rings. The fourth-order valence-electron chi connectivity index (χ4n) is 2.53. The first-order valence-electron chi connectivity index (χ1n) is 5.94. The third-order valence-corrected chi connectivity index (χ3v) is 3.87. The SMILES string of the molecule is CC1(c2ccc(F)cc2)NCc2ccc(Cl)c(=O)n21. The lowest BCUT2D eigenvalue weighted by Gasteiger charge is -2.28. The molecule has 0 spiro atoms. The summed E-state index contributed by atoms with van der Waals surface area (Å²) in [6, 6.07) is 9.54. The van der Waals surface area contributed by atoms with Gasteiger partial charge >= 0.3 is 0 Å². The Balaban J connectivity index is 2.22. The maximum absolute atomic E-state index is 13.0. The fraction of sp³-hybridized carbons (Fsp3) is 0.214. The summed E-state index contributed by atoms with van der Waals surface area (Å²) in [5.41, 5.74) is 0.736. The number of nitrogens with one attached hydrogen (secondary N) is 1. The van der Waals surface area contributed by atoms with Gasteiger partial charge in [-0.1, -0.05) is 23.7 Å². The van der Waals surface area contributed by atoms with E-state index in [1.54, 1.807) is 22.8 Å². The molecule has 1 atom stereocenters. The van der Waals surface area contributed by atoms with Gasteiger partial charge in [-0.05, 0) is 36.8 Å². The number of rotatable bonds is 1. The molecule has 1 aliphatic heterocycles. The molecule has 0 saturated heterocycles. The molecule has 5 heteroatoms.